The lowest BCUT2D eigenvalue weighted by Crippen LogP contribution is -2.39. The van der Waals surface area contributed by atoms with E-state index in [-0.39, 0.29) is 4.90 Å². The first-order chi connectivity index (χ1) is 13.4. The number of sulfonamides is 1. The van der Waals surface area contributed by atoms with Crippen molar-refractivity contribution in [3.63, 3.8) is 0 Å². The van der Waals surface area contributed by atoms with Crippen LogP contribution in [-0.2, 0) is 10.0 Å². The zero-order valence-corrected chi connectivity index (χ0v) is 16.0. The lowest BCUT2D eigenvalue weighted by Gasteiger charge is -2.19. The molecule has 0 saturated heterocycles. The van der Waals surface area contributed by atoms with Crippen LogP contribution in [0.1, 0.15) is 13.3 Å². The molecule has 1 aromatic heterocycles. The van der Waals surface area contributed by atoms with Crippen LogP contribution < -0.4 is 10.0 Å². The van der Waals surface area contributed by atoms with Gasteiger partial charge in [-0.2, -0.15) is 0 Å². The van der Waals surface area contributed by atoms with Crippen LogP contribution in [0.5, 0.6) is 0 Å². The van der Waals surface area contributed by atoms with E-state index in [9.17, 15) is 18.5 Å². The number of hydrogen-bond donors (Lipinski definition) is 2. The number of benzene rings is 2. The normalized spacial score (nSPS) is 12.6. The first kappa shape index (κ1) is 19.7. The Balaban J connectivity index is 1.78. The molecule has 1 atom stereocenters. The molecular formula is C19H20N4O4S. The van der Waals surface area contributed by atoms with Crippen molar-refractivity contribution in [3.05, 3.63) is 70.9 Å². The fraction of sp³-hybridized carbons (Fsp3) is 0.211. The van der Waals surface area contributed by atoms with Crippen LogP contribution in [0.25, 0.3) is 10.9 Å². The van der Waals surface area contributed by atoms with E-state index >= 15 is 0 Å². The molecule has 8 nitrogen and oxygen atoms in total. The van der Waals surface area contributed by atoms with E-state index in [1.165, 1.54) is 24.3 Å². The van der Waals surface area contributed by atoms with E-state index in [1.807, 2.05) is 37.3 Å². The highest BCUT2D eigenvalue weighted by molar-refractivity contribution is 7.89. The van der Waals surface area contributed by atoms with E-state index in [2.05, 4.69) is 15.0 Å². The topological polar surface area (TPSA) is 114 Å². The van der Waals surface area contributed by atoms with Crippen molar-refractivity contribution in [2.24, 2.45) is 0 Å². The second-order valence-corrected chi connectivity index (χ2v) is 7.89. The molecule has 0 radical (unpaired) electrons. The average molecular weight is 400 g/mol. The number of para-hydroxylation sites is 2. The minimum absolute atomic E-state index is 0.324. The van der Waals surface area contributed by atoms with Crippen molar-refractivity contribution in [1.82, 2.24) is 9.71 Å². The number of pyridine rings is 1. The van der Waals surface area contributed by atoms with Gasteiger partial charge in [-0.3, -0.25) is 15.1 Å². The van der Waals surface area contributed by atoms with Gasteiger partial charge in [-0.1, -0.05) is 37.3 Å². The molecule has 0 aliphatic carbocycles. The van der Waals surface area contributed by atoms with E-state index in [4.69, 9.17) is 0 Å². The summed E-state index contributed by atoms with van der Waals surface area (Å²) in [5, 5.41) is 15.3. The summed E-state index contributed by atoms with van der Waals surface area (Å²) in [6.07, 6.45) is 2.19. The Hall–Kier alpha value is -3.04. The zero-order valence-electron chi connectivity index (χ0n) is 15.2. The summed E-state index contributed by atoms with van der Waals surface area (Å²) in [5.74, 6) is 0. The van der Waals surface area contributed by atoms with Crippen molar-refractivity contribution in [2.75, 3.05) is 11.9 Å². The summed E-state index contributed by atoms with van der Waals surface area (Å²) in [4.78, 5) is 14.4. The maximum absolute atomic E-state index is 12.7. The monoisotopic (exact) mass is 400 g/mol. The molecule has 1 heterocycles. The average Bonchev–Trinajstić information content (AvgIpc) is 2.71. The number of nitro benzene ring substituents is 1. The molecule has 2 aromatic carbocycles. The molecule has 0 saturated carbocycles. The van der Waals surface area contributed by atoms with Crippen molar-refractivity contribution in [3.8, 4) is 0 Å². The van der Waals surface area contributed by atoms with Gasteiger partial charge in [0, 0.05) is 35.9 Å². The van der Waals surface area contributed by atoms with Gasteiger partial charge in [0.2, 0.25) is 10.0 Å². The Kier molecular flexibility index (Phi) is 5.86. The van der Waals surface area contributed by atoms with Gasteiger partial charge in [0.15, 0.2) is 4.90 Å². The van der Waals surface area contributed by atoms with Gasteiger partial charge in [-0.05, 0) is 24.6 Å². The predicted molar refractivity (Wildman–Crippen MR) is 108 cm³/mol. The molecule has 3 rings (SSSR count). The van der Waals surface area contributed by atoms with Crippen LogP contribution in [0, 0.1) is 10.1 Å². The van der Waals surface area contributed by atoms with Crippen LogP contribution in [0.4, 0.5) is 11.4 Å². The number of nitrogens with one attached hydrogen (secondary N) is 2. The van der Waals surface area contributed by atoms with Gasteiger partial charge in [0.05, 0.1) is 10.4 Å². The van der Waals surface area contributed by atoms with Crippen molar-refractivity contribution >= 4 is 32.3 Å². The molecule has 3 aromatic rings. The van der Waals surface area contributed by atoms with E-state index in [0.29, 0.717) is 13.0 Å². The third kappa shape index (κ3) is 4.26. The van der Waals surface area contributed by atoms with Gasteiger partial charge >= 0.3 is 0 Å². The summed E-state index contributed by atoms with van der Waals surface area (Å²) in [6.45, 7) is 2.17. The number of nitrogens with zero attached hydrogens (tertiary/aromatic N) is 2. The second-order valence-electron chi connectivity index (χ2n) is 6.21. The molecule has 0 aliphatic rings. The Morgan fingerprint density at radius 3 is 2.57 bits per heavy atom. The Labute approximate surface area is 162 Å². The number of nitro groups is 1. The maximum Gasteiger partial charge on any atom is 0.289 e. The number of anilines is 1. The van der Waals surface area contributed by atoms with Crippen molar-refractivity contribution in [1.29, 1.82) is 0 Å². The lowest BCUT2D eigenvalue weighted by atomic mass is 10.1. The summed E-state index contributed by atoms with van der Waals surface area (Å²) >= 11 is 0. The van der Waals surface area contributed by atoms with Gasteiger partial charge < -0.3 is 5.32 Å². The summed E-state index contributed by atoms with van der Waals surface area (Å²) in [5.41, 5.74) is 1.23. The van der Waals surface area contributed by atoms with Gasteiger partial charge in [0.25, 0.3) is 5.69 Å². The highest BCUT2D eigenvalue weighted by atomic mass is 32.2. The highest BCUT2D eigenvalue weighted by Gasteiger charge is 2.27. The van der Waals surface area contributed by atoms with Crippen molar-refractivity contribution < 1.29 is 13.3 Å². The fourth-order valence-corrected chi connectivity index (χ4v) is 4.36. The Morgan fingerprint density at radius 2 is 1.82 bits per heavy atom. The third-order valence-corrected chi connectivity index (χ3v) is 5.92. The number of hydrogen-bond acceptors (Lipinski definition) is 6. The standard InChI is InChI=1S/C19H20N4O4S/c1-2-14(13-21-17-11-12-20-16-8-4-3-7-15(16)17)22-28(26,27)19-10-6-5-9-18(19)23(24)25/h3-12,14,22H,2,13H2,1H3,(H,20,21). The summed E-state index contributed by atoms with van der Waals surface area (Å²) in [6, 6.07) is 14.3. The van der Waals surface area contributed by atoms with Crippen LogP contribution in [0.2, 0.25) is 0 Å². The second kappa shape index (κ2) is 8.32. The molecule has 9 heteroatoms. The SMILES string of the molecule is CCC(CNc1ccnc2ccccc12)NS(=O)(=O)c1ccccc1[N+](=O)[O-]. The summed E-state index contributed by atoms with van der Waals surface area (Å²) < 4.78 is 28.0. The van der Waals surface area contributed by atoms with Gasteiger partial charge in [0.1, 0.15) is 0 Å². The van der Waals surface area contributed by atoms with Crippen molar-refractivity contribution in [2.45, 2.75) is 24.3 Å². The Morgan fingerprint density at radius 1 is 1.11 bits per heavy atom. The molecule has 0 fully saturated rings. The molecule has 0 spiro atoms. The minimum Gasteiger partial charge on any atom is -0.383 e. The van der Waals surface area contributed by atoms with Crippen LogP contribution in [0.15, 0.2) is 65.7 Å². The van der Waals surface area contributed by atoms with E-state index in [0.717, 1.165) is 16.6 Å². The van der Waals surface area contributed by atoms with E-state index < -0.39 is 26.7 Å². The van der Waals surface area contributed by atoms with Crippen LogP contribution in [0.3, 0.4) is 0 Å². The van der Waals surface area contributed by atoms with Crippen LogP contribution in [-0.4, -0.2) is 30.9 Å². The molecule has 0 amide bonds. The Bertz CT molecular complexity index is 1100. The maximum atomic E-state index is 12.7. The molecular weight excluding hydrogens is 380 g/mol. The molecule has 2 N–H and O–H groups in total. The third-order valence-electron chi connectivity index (χ3n) is 4.35. The smallest absolute Gasteiger partial charge is 0.289 e. The molecule has 146 valence electrons. The molecule has 0 bridgehead atoms. The first-order valence-corrected chi connectivity index (χ1v) is 10.2. The predicted octanol–water partition coefficient (Wildman–Crippen LogP) is 3.31. The lowest BCUT2D eigenvalue weighted by molar-refractivity contribution is -0.387. The first-order valence-electron chi connectivity index (χ1n) is 8.75. The molecule has 0 aliphatic heterocycles. The quantitative estimate of drug-likeness (QED) is 0.443. The van der Waals surface area contributed by atoms with E-state index in [1.54, 1.807) is 6.20 Å². The highest BCUT2D eigenvalue weighted by Crippen LogP contribution is 2.24. The number of rotatable bonds is 8. The number of aromatic nitrogens is 1. The van der Waals surface area contributed by atoms with Gasteiger partial charge in [-0.15, -0.1) is 0 Å². The zero-order chi connectivity index (χ0) is 20.1. The van der Waals surface area contributed by atoms with Gasteiger partial charge in [-0.25, -0.2) is 13.1 Å². The largest absolute Gasteiger partial charge is 0.383 e. The summed E-state index contributed by atoms with van der Waals surface area (Å²) in [7, 11) is -4.04. The minimum atomic E-state index is -4.04. The molecule has 1 unspecified atom stereocenters. The number of fused-ring (bicyclic) bond motifs is 1. The fourth-order valence-electron chi connectivity index (χ4n) is 2.87. The van der Waals surface area contributed by atoms with Crippen LogP contribution >= 0.6 is 0 Å². The molecule has 28 heavy (non-hydrogen) atoms.